The van der Waals surface area contributed by atoms with Crippen molar-refractivity contribution in [3.63, 3.8) is 0 Å². The van der Waals surface area contributed by atoms with Crippen LogP contribution in [0.15, 0.2) is 18.2 Å². The lowest BCUT2D eigenvalue weighted by atomic mass is 9.73. The number of nitro groups is 1. The topological polar surface area (TPSA) is 69.2 Å². The van der Waals surface area contributed by atoms with Crippen molar-refractivity contribution in [1.29, 1.82) is 0 Å². The van der Waals surface area contributed by atoms with Gasteiger partial charge in [0.15, 0.2) is 0 Å². The van der Waals surface area contributed by atoms with E-state index in [4.69, 9.17) is 5.73 Å². The summed E-state index contributed by atoms with van der Waals surface area (Å²) in [5, 5.41) is 10.4. The van der Waals surface area contributed by atoms with E-state index in [1.807, 2.05) is 0 Å². The van der Waals surface area contributed by atoms with E-state index in [1.54, 1.807) is 6.07 Å². The molecule has 1 aliphatic carbocycles. The molecule has 0 heterocycles. The first-order valence-corrected chi connectivity index (χ1v) is 4.76. The van der Waals surface area contributed by atoms with E-state index in [-0.39, 0.29) is 0 Å². The molecule has 80 valence electrons. The number of halogens is 1. The standard InChI is InChI=1S/C10H11FN2O2/c11-8-6-7(10(12)4-1-5-10)2-3-9(8)13(14)15/h2-3,6H,1,4-5,12H2. The van der Waals surface area contributed by atoms with Crippen LogP contribution in [0.2, 0.25) is 0 Å². The van der Waals surface area contributed by atoms with Gasteiger partial charge >= 0.3 is 5.69 Å². The Labute approximate surface area is 86.0 Å². The molecule has 2 N–H and O–H groups in total. The van der Waals surface area contributed by atoms with Gasteiger partial charge in [-0.3, -0.25) is 10.1 Å². The van der Waals surface area contributed by atoms with Crippen LogP contribution in [0, 0.1) is 15.9 Å². The molecule has 1 fully saturated rings. The molecule has 0 amide bonds. The Morgan fingerprint density at radius 1 is 1.47 bits per heavy atom. The number of benzene rings is 1. The number of nitro benzene ring substituents is 1. The average molecular weight is 210 g/mol. The minimum atomic E-state index is -0.811. The Balaban J connectivity index is 2.37. The van der Waals surface area contributed by atoms with Gasteiger partial charge in [0.2, 0.25) is 5.82 Å². The quantitative estimate of drug-likeness (QED) is 0.600. The zero-order valence-corrected chi connectivity index (χ0v) is 8.07. The Morgan fingerprint density at radius 3 is 2.53 bits per heavy atom. The second-order valence-electron chi connectivity index (χ2n) is 3.93. The van der Waals surface area contributed by atoms with Gasteiger partial charge in [0.1, 0.15) is 0 Å². The molecule has 0 radical (unpaired) electrons. The van der Waals surface area contributed by atoms with Crippen molar-refractivity contribution < 1.29 is 9.31 Å². The maximum absolute atomic E-state index is 13.3. The van der Waals surface area contributed by atoms with E-state index < -0.39 is 22.0 Å². The Bertz CT molecular complexity index is 416. The maximum atomic E-state index is 13.3. The van der Waals surface area contributed by atoms with Gasteiger partial charge in [-0.15, -0.1) is 0 Å². The minimum Gasteiger partial charge on any atom is -0.321 e. The van der Waals surface area contributed by atoms with Gasteiger partial charge in [-0.2, -0.15) is 4.39 Å². The lowest BCUT2D eigenvalue weighted by Gasteiger charge is -2.38. The van der Waals surface area contributed by atoms with Crippen LogP contribution in [-0.4, -0.2) is 4.92 Å². The zero-order valence-electron chi connectivity index (χ0n) is 8.07. The molecular formula is C10H11FN2O2. The molecule has 0 spiro atoms. The summed E-state index contributed by atoms with van der Waals surface area (Å²) in [4.78, 5) is 9.67. The molecular weight excluding hydrogens is 199 g/mol. The molecule has 0 aromatic heterocycles. The summed E-state index contributed by atoms with van der Waals surface area (Å²) in [6.45, 7) is 0. The highest BCUT2D eigenvalue weighted by atomic mass is 19.1. The molecule has 0 atom stereocenters. The van der Waals surface area contributed by atoms with Crippen molar-refractivity contribution in [2.75, 3.05) is 0 Å². The number of hydrogen-bond acceptors (Lipinski definition) is 3. The lowest BCUT2D eigenvalue weighted by molar-refractivity contribution is -0.387. The number of nitrogens with two attached hydrogens (primary N) is 1. The maximum Gasteiger partial charge on any atom is 0.304 e. The van der Waals surface area contributed by atoms with Crippen LogP contribution in [-0.2, 0) is 5.54 Å². The molecule has 1 aromatic carbocycles. The molecule has 0 unspecified atom stereocenters. The third-order valence-electron chi connectivity index (χ3n) is 2.97. The highest BCUT2D eigenvalue weighted by Crippen LogP contribution is 2.39. The number of nitrogens with zero attached hydrogens (tertiary/aromatic N) is 1. The van der Waals surface area contributed by atoms with Crippen molar-refractivity contribution in [3.8, 4) is 0 Å². The van der Waals surface area contributed by atoms with Crippen LogP contribution >= 0.6 is 0 Å². The molecule has 0 aliphatic heterocycles. The third-order valence-corrected chi connectivity index (χ3v) is 2.97. The monoisotopic (exact) mass is 210 g/mol. The molecule has 5 heteroatoms. The SMILES string of the molecule is NC1(c2ccc([N+](=O)[O-])c(F)c2)CCC1. The molecule has 2 rings (SSSR count). The van der Waals surface area contributed by atoms with Crippen molar-refractivity contribution in [3.05, 3.63) is 39.7 Å². The summed E-state index contributed by atoms with van der Waals surface area (Å²) >= 11 is 0. The molecule has 1 aromatic rings. The average Bonchev–Trinajstić information content (AvgIpc) is 2.13. The highest BCUT2D eigenvalue weighted by molar-refractivity contribution is 5.38. The third kappa shape index (κ3) is 1.59. The van der Waals surface area contributed by atoms with Crippen LogP contribution in [0.4, 0.5) is 10.1 Å². The molecule has 0 bridgehead atoms. The van der Waals surface area contributed by atoms with Crippen molar-refractivity contribution in [2.45, 2.75) is 24.8 Å². The summed E-state index contributed by atoms with van der Waals surface area (Å²) in [6.07, 6.45) is 2.64. The van der Waals surface area contributed by atoms with Crippen molar-refractivity contribution in [2.24, 2.45) is 5.73 Å². The Kier molecular flexibility index (Phi) is 2.19. The second kappa shape index (κ2) is 3.27. The van der Waals surface area contributed by atoms with E-state index in [1.165, 1.54) is 12.1 Å². The first kappa shape index (κ1) is 10.0. The number of hydrogen-bond donors (Lipinski definition) is 1. The fraction of sp³-hybridized carbons (Fsp3) is 0.400. The van der Waals surface area contributed by atoms with Gasteiger partial charge in [-0.05, 0) is 30.9 Å². The number of rotatable bonds is 2. The summed E-state index contributed by atoms with van der Waals surface area (Å²) in [5.41, 5.74) is 5.66. The Morgan fingerprint density at radius 2 is 2.13 bits per heavy atom. The molecule has 1 aliphatic rings. The van der Waals surface area contributed by atoms with Gasteiger partial charge in [0.25, 0.3) is 0 Å². The highest BCUT2D eigenvalue weighted by Gasteiger charge is 2.35. The van der Waals surface area contributed by atoms with Gasteiger partial charge in [-0.1, -0.05) is 6.07 Å². The molecule has 15 heavy (non-hydrogen) atoms. The summed E-state index contributed by atoms with van der Waals surface area (Å²) in [5.74, 6) is -0.811. The van der Waals surface area contributed by atoms with E-state index in [2.05, 4.69) is 0 Å². The molecule has 4 nitrogen and oxygen atoms in total. The van der Waals surface area contributed by atoms with Gasteiger partial charge < -0.3 is 5.73 Å². The fourth-order valence-corrected chi connectivity index (χ4v) is 1.81. The first-order chi connectivity index (χ1) is 7.03. The fourth-order valence-electron chi connectivity index (χ4n) is 1.81. The molecule has 0 saturated heterocycles. The van der Waals surface area contributed by atoms with Crippen molar-refractivity contribution >= 4 is 5.69 Å². The largest absolute Gasteiger partial charge is 0.321 e. The van der Waals surface area contributed by atoms with Crippen molar-refractivity contribution in [1.82, 2.24) is 0 Å². The van der Waals surface area contributed by atoms with E-state index >= 15 is 0 Å². The van der Waals surface area contributed by atoms with E-state index in [0.29, 0.717) is 5.56 Å². The zero-order chi connectivity index (χ0) is 11.1. The normalized spacial score (nSPS) is 18.3. The predicted octanol–water partition coefficient (Wildman–Crippen LogP) is 2.07. The van der Waals surface area contributed by atoms with Crippen LogP contribution in [0.5, 0.6) is 0 Å². The second-order valence-corrected chi connectivity index (χ2v) is 3.93. The van der Waals surface area contributed by atoms with Gasteiger partial charge in [0, 0.05) is 11.6 Å². The van der Waals surface area contributed by atoms with Crippen LogP contribution in [0.25, 0.3) is 0 Å². The van der Waals surface area contributed by atoms with Gasteiger partial charge in [0.05, 0.1) is 4.92 Å². The summed E-state index contributed by atoms with van der Waals surface area (Å²) in [7, 11) is 0. The first-order valence-electron chi connectivity index (χ1n) is 4.76. The van der Waals surface area contributed by atoms with Gasteiger partial charge in [-0.25, -0.2) is 0 Å². The predicted molar refractivity (Wildman–Crippen MR) is 52.8 cm³/mol. The lowest BCUT2D eigenvalue weighted by Crippen LogP contribution is -2.43. The molecule has 1 saturated carbocycles. The van der Waals surface area contributed by atoms with Crippen LogP contribution in [0.3, 0.4) is 0 Å². The smallest absolute Gasteiger partial charge is 0.304 e. The summed E-state index contributed by atoms with van der Waals surface area (Å²) < 4.78 is 13.3. The van der Waals surface area contributed by atoms with Crippen LogP contribution < -0.4 is 5.73 Å². The Hall–Kier alpha value is -1.49. The van der Waals surface area contributed by atoms with E-state index in [0.717, 1.165) is 19.3 Å². The van der Waals surface area contributed by atoms with Crippen LogP contribution in [0.1, 0.15) is 24.8 Å². The minimum absolute atomic E-state index is 0.476. The summed E-state index contributed by atoms with van der Waals surface area (Å²) in [6, 6.07) is 3.90. The van der Waals surface area contributed by atoms with E-state index in [9.17, 15) is 14.5 Å².